The first-order valence-electron chi connectivity index (χ1n) is 9.68. The topological polar surface area (TPSA) is 84.5 Å². The maximum absolute atomic E-state index is 12.8. The molecule has 0 atom stereocenters. The Balaban J connectivity index is 1.76. The first-order valence-corrected chi connectivity index (χ1v) is 11.2. The third kappa shape index (κ3) is 4.46. The molecule has 0 aliphatic heterocycles. The minimum absolute atomic E-state index is 0.00589. The van der Waals surface area contributed by atoms with Crippen molar-refractivity contribution in [3.05, 3.63) is 58.7 Å². The van der Waals surface area contributed by atoms with Crippen molar-refractivity contribution < 1.29 is 17.9 Å². The second-order valence-corrected chi connectivity index (χ2v) is 9.37. The number of hydrogen-bond acceptors (Lipinski definition) is 4. The molecule has 7 heteroatoms. The molecule has 0 spiro atoms. The molecule has 1 amide bonds. The fourth-order valence-corrected chi connectivity index (χ4v) is 4.87. The third-order valence-electron chi connectivity index (χ3n) is 5.55. The Labute approximate surface area is 172 Å². The van der Waals surface area contributed by atoms with Gasteiger partial charge in [0.15, 0.2) is 0 Å². The monoisotopic (exact) mass is 416 g/mol. The summed E-state index contributed by atoms with van der Waals surface area (Å²) in [5, 5.41) is 2.90. The number of carbonyl (C=O) groups is 1. The maximum atomic E-state index is 12.8. The minimum Gasteiger partial charge on any atom is -0.383 e. The first-order chi connectivity index (χ1) is 13.7. The molecule has 3 rings (SSSR count). The van der Waals surface area contributed by atoms with Gasteiger partial charge in [0, 0.05) is 19.3 Å². The van der Waals surface area contributed by atoms with E-state index in [-0.39, 0.29) is 10.8 Å². The summed E-state index contributed by atoms with van der Waals surface area (Å²) in [6.07, 6.45) is 1.58. The fraction of sp³-hybridized carbons (Fsp3) is 0.409. The van der Waals surface area contributed by atoms with Crippen molar-refractivity contribution in [3.63, 3.8) is 0 Å². The van der Waals surface area contributed by atoms with E-state index in [1.165, 1.54) is 0 Å². The Bertz CT molecular complexity index is 1010. The molecule has 6 nitrogen and oxygen atoms in total. The highest BCUT2D eigenvalue weighted by atomic mass is 32.2. The van der Waals surface area contributed by atoms with Gasteiger partial charge in [-0.15, -0.1) is 0 Å². The molecule has 29 heavy (non-hydrogen) atoms. The van der Waals surface area contributed by atoms with Crippen LogP contribution in [0.3, 0.4) is 0 Å². The number of anilines is 1. The minimum atomic E-state index is -3.69. The molecule has 1 aliphatic rings. The molecule has 0 heterocycles. The summed E-state index contributed by atoms with van der Waals surface area (Å²) in [5.74, 6) is -0.00589. The van der Waals surface area contributed by atoms with E-state index in [0.29, 0.717) is 24.4 Å². The molecule has 2 aromatic rings. The molecule has 0 bridgehead atoms. The summed E-state index contributed by atoms with van der Waals surface area (Å²) in [6, 6.07) is 10.7. The summed E-state index contributed by atoms with van der Waals surface area (Å²) in [6.45, 7) is 6.60. The van der Waals surface area contributed by atoms with Crippen molar-refractivity contribution in [2.45, 2.75) is 43.9 Å². The Kier molecular flexibility index (Phi) is 6.00. The van der Waals surface area contributed by atoms with Crippen LogP contribution in [0.15, 0.2) is 41.3 Å². The summed E-state index contributed by atoms with van der Waals surface area (Å²) in [7, 11) is -2.09. The highest BCUT2D eigenvalue weighted by Gasteiger charge is 2.51. The van der Waals surface area contributed by atoms with Gasteiger partial charge >= 0.3 is 0 Å². The molecule has 0 unspecified atom stereocenters. The number of methoxy groups -OCH3 is 1. The Morgan fingerprint density at radius 2 is 1.66 bits per heavy atom. The number of sulfonamides is 1. The summed E-state index contributed by atoms with van der Waals surface area (Å²) >= 11 is 0. The van der Waals surface area contributed by atoms with Gasteiger partial charge in [-0.1, -0.05) is 18.2 Å². The van der Waals surface area contributed by atoms with E-state index in [9.17, 15) is 13.2 Å². The number of nitrogens with one attached hydrogen (secondary N) is 2. The molecule has 1 aliphatic carbocycles. The molecule has 0 radical (unpaired) electrons. The van der Waals surface area contributed by atoms with Crippen molar-refractivity contribution >= 4 is 21.6 Å². The average Bonchev–Trinajstić information content (AvgIpc) is 3.47. The van der Waals surface area contributed by atoms with E-state index in [4.69, 9.17) is 4.74 Å². The second-order valence-electron chi connectivity index (χ2n) is 7.72. The lowest BCUT2D eigenvalue weighted by Crippen LogP contribution is -2.36. The van der Waals surface area contributed by atoms with Crippen LogP contribution in [0.25, 0.3) is 0 Å². The Morgan fingerprint density at radius 1 is 1.03 bits per heavy atom. The Morgan fingerprint density at radius 3 is 2.24 bits per heavy atom. The van der Waals surface area contributed by atoms with Crippen molar-refractivity contribution in [3.8, 4) is 0 Å². The number of aryl methyl sites for hydroxylation is 3. The van der Waals surface area contributed by atoms with Crippen molar-refractivity contribution in [2.24, 2.45) is 0 Å². The third-order valence-corrected chi connectivity index (χ3v) is 7.07. The number of rotatable bonds is 8. The number of ether oxygens (including phenoxy) is 1. The van der Waals surface area contributed by atoms with E-state index in [1.807, 2.05) is 32.0 Å². The van der Waals surface area contributed by atoms with Gasteiger partial charge in [-0.05, 0) is 74.1 Å². The van der Waals surface area contributed by atoms with Gasteiger partial charge in [-0.25, -0.2) is 8.42 Å². The molecule has 0 aromatic heterocycles. The lowest BCUT2D eigenvalue weighted by molar-refractivity contribution is -0.123. The van der Waals surface area contributed by atoms with Gasteiger partial charge in [0.05, 0.1) is 16.9 Å². The van der Waals surface area contributed by atoms with Crippen LogP contribution in [0.1, 0.15) is 35.1 Å². The van der Waals surface area contributed by atoms with Gasteiger partial charge in [-0.3, -0.25) is 9.52 Å². The lowest BCUT2D eigenvalue weighted by Gasteiger charge is -2.17. The van der Waals surface area contributed by atoms with Gasteiger partial charge in [0.25, 0.3) is 10.0 Å². The van der Waals surface area contributed by atoms with Crippen LogP contribution in [0.4, 0.5) is 5.69 Å². The van der Waals surface area contributed by atoms with E-state index < -0.39 is 15.4 Å². The zero-order valence-corrected chi connectivity index (χ0v) is 18.2. The molecule has 156 valence electrons. The van der Waals surface area contributed by atoms with Gasteiger partial charge < -0.3 is 10.1 Å². The molecule has 1 fully saturated rings. The normalized spacial score (nSPS) is 15.0. The number of hydrogen-bond donors (Lipinski definition) is 2. The largest absolute Gasteiger partial charge is 0.383 e. The average molecular weight is 417 g/mol. The van der Waals surface area contributed by atoms with Gasteiger partial charge in [0.1, 0.15) is 0 Å². The number of carbonyl (C=O) groups excluding carboxylic acids is 1. The predicted octanol–water partition coefficient (Wildman–Crippen LogP) is 3.21. The van der Waals surface area contributed by atoms with Crippen LogP contribution in [-0.2, 0) is 25.0 Å². The molecule has 2 N–H and O–H groups in total. The molecule has 0 saturated heterocycles. The zero-order valence-electron chi connectivity index (χ0n) is 17.3. The van der Waals surface area contributed by atoms with Crippen LogP contribution in [0.2, 0.25) is 0 Å². The summed E-state index contributed by atoms with van der Waals surface area (Å²) < 4.78 is 33.3. The second kappa shape index (κ2) is 8.16. The highest BCUT2D eigenvalue weighted by Crippen LogP contribution is 2.48. The van der Waals surface area contributed by atoms with Crippen molar-refractivity contribution in [2.75, 3.05) is 25.0 Å². The smallest absolute Gasteiger partial charge is 0.262 e. The SMILES string of the molecule is COCCNC(=O)C1(c2ccc(NS(=O)(=O)c3cc(C)c(C)cc3C)cc2)CC1. The predicted molar refractivity (Wildman–Crippen MR) is 114 cm³/mol. The van der Waals surface area contributed by atoms with E-state index in [1.54, 1.807) is 32.2 Å². The highest BCUT2D eigenvalue weighted by molar-refractivity contribution is 7.92. The van der Waals surface area contributed by atoms with Crippen LogP contribution in [-0.4, -0.2) is 34.6 Å². The quantitative estimate of drug-likeness (QED) is 0.647. The fourth-order valence-electron chi connectivity index (χ4n) is 3.50. The van der Waals surface area contributed by atoms with E-state index in [0.717, 1.165) is 29.5 Å². The standard InChI is InChI=1S/C22H28N2O4S/c1-15-13-17(3)20(14-16(15)2)29(26,27)24-19-7-5-18(6-8-19)22(9-10-22)21(25)23-11-12-28-4/h5-8,13-14,24H,9-12H2,1-4H3,(H,23,25). The Hall–Kier alpha value is -2.38. The van der Waals surface area contributed by atoms with Gasteiger partial charge in [0.2, 0.25) is 5.91 Å². The maximum Gasteiger partial charge on any atom is 0.262 e. The first kappa shape index (κ1) is 21.3. The van der Waals surface area contributed by atoms with Crippen LogP contribution in [0.5, 0.6) is 0 Å². The van der Waals surface area contributed by atoms with Crippen LogP contribution in [0, 0.1) is 20.8 Å². The lowest BCUT2D eigenvalue weighted by atomic mass is 9.95. The van der Waals surface area contributed by atoms with Crippen molar-refractivity contribution in [1.82, 2.24) is 5.32 Å². The van der Waals surface area contributed by atoms with E-state index >= 15 is 0 Å². The zero-order chi connectivity index (χ0) is 21.2. The summed E-state index contributed by atoms with van der Waals surface area (Å²) in [5.41, 5.74) is 3.57. The molecule has 2 aromatic carbocycles. The van der Waals surface area contributed by atoms with Gasteiger partial charge in [-0.2, -0.15) is 0 Å². The molecular formula is C22H28N2O4S. The van der Waals surface area contributed by atoms with Crippen molar-refractivity contribution in [1.29, 1.82) is 0 Å². The number of benzene rings is 2. The molecular weight excluding hydrogens is 388 g/mol. The molecule has 1 saturated carbocycles. The van der Waals surface area contributed by atoms with Crippen LogP contribution < -0.4 is 10.0 Å². The van der Waals surface area contributed by atoms with E-state index in [2.05, 4.69) is 10.0 Å². The number of amides is 1. The van der Waals surface area contributed by atoms with Crippen LogP contribution >= 0.6 is 0 Å². The summed E-state index contributed by atoms with van der Waals surface area (Å²) in [4.78, 5) is 12.8.